The molecule has 4 rings (SSSR count). The minimum Gasteiger partial charge on any atom is -0.467 e. The van der Waals surface area contributed by atoms with E-state index in [4.69, 9.17) is 9.16 Å². The van der Waals surface area contributed by atoms with Gasteiger partial charge in [-0.05, 0) is 40.5 Å². The summed E-state index contributed by atoms with van der Waals surface area (Å²) >= 11 is 0. The number of methoxy groups -OCH3 is 1. The zero-order chi connectivity index (χ0) is 31.4. The number of esters is 1. The van der Waals surface area contributed by atoms with Gasteiger partial charge >= 0.3 is 12.1 Å². The molecule has 1 saturated heterocycles. The second-order valence-corrected chi connectivity index (χ2v) is 16.1. The van der Waals surface area contributed by atoms with Gasteiger partial charge in [0, 0.05) is 31.8 Å². The Morgan fingerprint density at radius 1 is 0.930 bits per heavy atom. The minimum atomic E-state index is -4.49. The second kappa shape index (κ2) is 12.9. The van der Waals surface area contributed by atoms with Gasteiger partial charge in [0.15, 0.2) is 0 Å². The summed E-state index contributed by atoms with van der Waals surface area (Å²) in [6.45, 7) is 8.74. The van der Waals surface area contributed by atoms with Crippen LogP contribution < -0.4 is 15.3 Å². The van der Waals surface area contributed by atoms with E-state index in [9.17, 15) is 22.8 Å². The number of nitrogens with zero attached hydrogens (tertiary/aromatic N) is 2. The van der Waals surface area contributed by atoms with Gasteiger partial charge in [0.1, 0.15) is 12.1 Å². The molecule has 6 nitrogen and oxygen atoms in total. The van der Waals surface area contributed by atoms with Crippen molar-refractivity contribution in [1.29, 1.82) is 0 Å². The van der Waals surface area contributed by atoms with Gasteiger partial charge in [-0.25, -0.2) is 4.79 Å². The second-order valence-electron chi connectivity index (χ2n) is 11.8. The molecular formula is C33H39F3N2O4Si. The van der Waals surface area contributed by atoms with E-state index >= 15 is 0 Å². The number of amides is 1. The normalized spacial score (nSPS) is 17.1. The van der Waals surface area contributed by atoms with Crippen LogP contribution in [0.1, 0.15) is 39.7 Å². The molecule has 3 aromatic carbocycles. The van der Waals surface area contributed by atoms with Crippen LogP contribution in [0.5, 0.6) is 0 Å². The van der Waals surface area contributed by atoms with Crippen LogP contribution in [0.15, 0.2) is 84.9 Å². The molecule has 1 aliphatic rings. The van der Waals surface area contributed by atoms with Crippen molar-refractivity contribution in [2.75, 3.05) is 31.7 Å². The Morgan fingerprint density at radius 3 is 2.02 bits per heavy atom. The van der Waals surface area contributed by atoms with Crippen LogP contribution in [-0.4, -0.2) is 64.0 Å². The van der Waals surface area contributed by atoms with E-state index in [1.165, 1.54) is 18.1 Å². The summed E-state index contributed by atoms with van der Waals surface area (Å²) in [6.07, 6.45) is -4.29. The van der Waals surface area contributed by atoms with Gasteiger partial charge in [0.05, 0.1) is 12.7 Å². The standard InChI is InChI=1S/C33H39F3N2O4Si/c1-24-30(39)38(21-20-37(24)26-14-12-13-25(23-26)33(34,35)36)29(31(40)41-5)19-22-42-43(32(2,3)4,27-15-8-6-9-16-27)28-17-10-7-11-18-28/h6-18,23-24,29H,19-22H2,1-5H3. The molecule has 2 unspecified atom stereocenters. The summed E-state index contributed by atoms with van der Waals surface area (Å²) in [4.78, 5) is 29.8. The first-order chi connectivity index (χ1) is 20.3. The fraction of sp³-hybridized carbons (Fsp3) is 0.394. The number of benzene rings is 3. The van der Waals surface area contributed by atoms with Crippen LogP contribution in [0.4, 0.5) is 18.9 Å². The predicted molar refractivity (Wildman–Crippen MR) is 164 cm³/mol. The van der Waals surface area contributed by atoms with Crippen molar-refractivity contribution in [1.82, 2.24) is 4.90 Å². The van der Waals surface area contributed by atoms with Gasteiger partial charge in [0.25, 0.3) is 8.32 Å². The Balaban J connectivity index is 1.58. The Bertz CT molecular complexity index is 1360. The van der Waals surface area contributed by atoms with Crippen LogP contribution in [0.2, 0.25) is 5.04 Å². The van der Waals surface area contributed by atoms with E-state index in [0.717, 1.165) is 22.5 Å². The van der Waals surface area contributed by atoms with Crippen molar-refractivity contribution in [3.05, 3.63) is 90.5 Å². The summed E-state index contributed by atoms with van der Waals surface area (Å²) in [6, 6.07) is 23.5. The number of rotatable bonds is 9. The molecule has 230 valence electrons. The first kappa shape index (κ1) is 32.3. The molecular weight excluding hydrogens is 573 g/mol. The molecule has 1 heterocycles. The van der Waals surface area contributed by atoms with Gasteiger partial charge in [-0.2, -0.15) is 13.2 Å². The van der Waals surface area contributed by atoms with E-state index < -0.39 is 38.1 Å². The zero-order valence-electron chi connectivity index (χ0n) is 25.2. The van der Waals surface area contributed by atoms with Gasteiger partial charge in [-0.3, -0.25) is 4.79 Å². The quantitative estimate of drug-likeness (QED) is 0.244. The number of hydrogen-bond donors (Lipinski definition) is 0. The molecule has 1 fully saturated rings. The number of anilines is 1. The molecule has 0 radical (unpaired) electrons. The molecule has 3 aromatic rings. The average Bonchev–Trinajstić information content (AvgIpc) is 2.98. The fourth-order valence-corrected chi connectivity index (χ4v) is 10.6. The van der Waals surface area contributed by atoms with Crippen LogP contribution in [0.25, 0.3) is 0 Å². The maximum absolute atomic E-state index is 13.6. The van der Waals surface area contributed by atoms with Crippen molar-refractivity contribution >= 4 is 36.3 Å². The number of piperazine rings is 1. The lowest BCUT2D eigenvalue weighted by Crippen LogP contribution is -2.67. The summed E-state index contributed by atoms with van der Waals surface area (Å²) in [5.41, 5.74) is -0.472. The largest absolute Gasteiger partial charge is 0.467 e. The highest BCUT2D eigenvalue weighted by Gasteiger charge is 2.50. The molecule has 0 aromatic heterocycles. The number of carbonyl (C=O) groups excluding carboxylic acids is 2. The van der Waals surface area contributed by atoms with E-state index in [1.54, 1.807) is 17.9 Å². The van der Waals surface area contributed by atoms with Gasteiger partial charge in [-0.15, -0.1) is 0 Å². The van der Waals surface area contributed by atoms with Crippen LogP contribution >= 0.6 is 0 Å². The van der Waals surface area contributed by atoms with Gasteiger partial charge in [-0.1, -0.05) is 87.5 Å². The first-order valence-electron chi connectivity index (χ1n) is 14.4. The molecule has 10 heteroatoms. The monoisotopic (exact) mass is 612 g/mol. The van der Waals surface area contributed by atoms with E-state index in [0.29, 0.717) is 5.69 Å². The van der Waals surface area contributed by atoms with Crippen molar-refractivity contribution < 1.29 is 31.9 Å². The molecule has 1 amide bonds. The van der Waals surface area contributed by atoms with E-state index in [1.807, 2.05) is 36.4 Å². The maximum atomic E-state index is 13.6. The van der Waals surface area contributed by atoms with Crippen molar-refractivity contribution in [3.8, 4) is 0 Å². The van der Waals surface area contributed by atoms with Crippen molar-refractivity contribution in [2.45, 2.75) is 57.4 Å². The summed E-state index contributed by atoms with van der Waals surface area (Å²) in [5, 5.41) is 1.93. The van der Waals surface area contributed by atoms with Crippen LogP contribution in [-0.2, 0) is 24.9 Å². The van der Waals surface area contributed by atoms with Crippen LogP contribution in [0.3, 0.4) is 0 Å². The number of alkyl halides is 3. The minimum absolute atomic E-state index is 0.151. The molecule has 43 heavy (non-hydrogen) atoms. The first-order valence-corrected chi connectivity index (χ1v) is 16.3. The third kappa shape index (κ3) is 6.65. The SMILES string of the molecule is COC(=O)C(CCO[Si](c1ccccc1)(c1ccccc1)C(C)(C)C)N1CCN(c2cccc(C(F)(F)F)c2)C(C)C1=O. The fourth-order valence-electron chi connectivity index (χ4n) is 6.04. The van der Waals surface area contributed by atoms with E-state index in [-0.39, 0.29) is 37.1 Å². The number of hydrogen-bond acceptors (Lipinski definition) is 5. The predicted octanol–water partition coefficient (Wildman–Crippen LogP) is 5.25. The molecule has 0 aliphatic carbocycles. The average molecular weight is 613 g/mol. The summed E-state index contributed by atoms with van der Waals surface area (Å²) < 4.78 is 52.1. The lowest BCUT2D eigenvalue weighted by molar-refractivity contribution is -0.154. The van der Waals surface area contributed by atoms with Gasteiger partial charge in [0.2, 0.25) is 5.91 Å². The lowest BCUT2D eigenvalue weighted by Gasteiger charge is -2.44. The van der Waals surface area contributed by atoms with Crippen molar-refractivity contribution in [3.63, 3.8) is 0 Å². The van der Waals surface area contributed by atoms with E-state index in [2.05, 4.69) is 45.0 Å². The Morgan fingerprint density at radius 2 is 1.51 bits per heavy atom. The molecule has 0 saturated carbocycles. The topological polar surface area (TPSA) is 59.1 Å². The molecule has 2 atom stereocenters. The highest BCUT2D eigenvalue weighted by atomic mass is 28.4. The number of ether oxygens (including phenoxy) is 1. The van der Waals surface area contributed by atoms with Gasteiger partial charge < -0.3 is 19.0 Å². The Kier molecular flexibility index (Phi) is 9.71. The third-order valence-electron chi connectivity index (χ3n) is 8.17. The van der Waals surface area contributed by atoms with Crippen LogP contribution in [0, 0.1) is 0 Å². The number of halogens is 3. The highest BCUT2D eigenvalue weighted by Crippen LogP contribution is 2.37. The third-order valence-corrected chi connectivity index (χ3v) is 13.2. The molecule has 0 bridgehead atoms. The lowest BCUT2D eigenvalue weighted by atomic mass is 10.1. The van der Waals surface area contributed by atoms with Crippen molar-refractivity contribution in [2.24, 2.45) is 0 Å². The number of carbonyl (C=O) groups is 2. The smallest absolute Gasteiger partial charge is 0.416 e. The summed E-state index contributed by atoms with van der Waals surface area (Å²) in [5.74, 6) is -0.913. The zero-order valence-corrected chi connectivity index (χ0v) is 26.2. The molecule has 0 spiro atoms. The maximum Gasteiger partial charge on any atom is 0.416 e. The Labute approximate surface area is 252 Å². The Hall–Kier alpha value is -3.63. The highest BCUT2D eigenvalue weighted by molar-refractivity contribution is 6.99. The summed E-state index contributed by atoms with van der Waals surface area (Å²) in [7, 11) is -1.59. The molecule has 0 N–H and O–H groups in total. The molecule has 1 aliphatic heterocycles.